The van der Waals surface area contributed by atoms with E-state index < -0.39 is 0 Å². The summed E-state index contributed by atoms with van der Waals surface area (Å²) in [5.74, 6) is 0.813. The standard InChI is InChI=1S/C16H15N3OS/c1-20-12-7-6-11(9-17)15(8-12)21-16-13-4-2-3-5-14(13)18-10-19-16/h2-8,10H,9,17H2,1H3. The average Bonchev–Trinajstić information content (AvgIpc) is 2.55. The zero-order valence-corrected chi connectivity index (χ0v) is 12.4. The summed E-state index contributed by atoms with van der Waals surface area (Å²) in [7, 11) is 1.66. The summed E-state index contributed by atoms with van der Waals surface area (Å²) < 4.78 is 5.29. The van der Waals surface area contributed by atoms with E-state index in [0.29, 0.717) is 6.54 Å². The van der Waals surface area contributed by atoms with Gasteiger partial charge in [-0.15, -0.1) is 0 Å². The number of methoxy groups -OCH3 is 1. The molecule has 0 aliphatic rings. The van der Waals surface area contributed by atoms with Crippen LogP contribution in [0.1, 0.15) is 5.56 Å². The zero-order valence-electron chi connectivity index (χ0n) is 11.6. The molecule has 0 saturated carbocycles. The topological polar surface area (TPSA) is 61.0 Å². The van der Waals surface area contributed by atoms with Gasteiger partial charge < -0.3 is 10.5 Å². The van der Waals surface area contributed by atoms with E-state index in [-0.39, 0.29) is 0 Å². The number of fused-ring (bicyclic) bond motifs is 1. The predicted molar refractivity (Wildman–Crippen MR) is 84.5 cm³/mol. The highest BCUT2D eigenvalue weighted by molar-refractivity contribution is 7.99. The number of nitrogens with two attached hydrogens (primary N) is 1. The van der Waals surface area contributed by atoms with E-state index in [9.17, 15) is 0 Å². The molecule has 0 bridgehead atoms. The largest absolute Gasteiger partial charge is 0.497 e. The second kappa shape index (κ2) is 6.11. The summed E-state index contributed by atoms with van der Waals surface area (Å²) >= 11 is 1.59. The Kier molecular flexibility index (Phi) is 4.03. The number of hydrogen-bond acceptors (Lipinski definition) is 5. The molecule has 0 spiro atoms. The van der Waals surface area contributed by atoms with E-state index >= 15 is 0 Å². The molecule has 0 radical (unpaired) electrons. The van der Waals surface area contributed by atoms with E-state index in [1.165, 1.54) is 0 Å². The molecule has 3 aromatic rings. The number of aromatic nitrogens is 2. The maximum atomic E-state index is 5.82. The number of rotatable bonds is 4. The van der Waals surface area contributed by atoms with Gasteiger partial charge in [0.1, 0.15) is 17.1 Å². The first-order valence-electron chi connectivity index (χ1n) is 6.56. The first-order valence-corrected chi connectivity index (χ1v) is 7.38. The minimum absolute atomic E-state index is 0.481. The molecule has 0 aliphatic carbocycles. The van der Waals surface area contributed by atoms with Crippen LogP contribution in [-0.4, -0.2) is 17.1 Å². The van der Waals surface area contributed by atoms with Crippen LogP contribution in [0.25, 0.3) is 10.9 Å². The fourth-order valence-electron chi connectivity index (χ4n) is 2.09. The molecular formula is C16H15N3OS. The number of para-hydroxylation sites is 1. The van der Waals surface area contributed by atoms with Crippen LogP contribution in [0.5, 0.6) is 5.75 Å². The SMILES string of the molecule is COc1ccc(CN)c(Sc2ncnc3ccccc23)c1. The smallest absolute Gasteiger partial charge is 0.120 e. The van der Waals surface area contributed by atoms with Crippen LogP contribution in [0.2, 0.25) is 0 Å². The molecule has 0 amide bonds. The van der Waals surface area contributed by atoms with Crippen LogP contribution in [0.4, 0.5) is 0 Å². The lowest BCUT2D eigenvalue weighted by molar-refractivity contribution is 0.413. The van der Waals surface area contributed by atoms with E-state index in [2.05, 4.69) is 9.97 Å². The lowest BCUT2D eigenvalue weighted by Crippen LogP contribution is -1.99. The molecule has 106 valence electrons. The van der Waals surface area contributed by atoms with Crippen LogP contribution in [-0.2, 0) is 6.54 Å². The summed E-state index contributed by atoms with van der Waals surface area (Å²) in [5, 5.41) is 1.96. The highest BCUT2D eigenvalue weighted by atomic mass is 32.2. The lowest BCUT2D eigenvalue weighted by atomic mass is 10.2. The van der Waals surface area contributed by atoms with Crippen LogP contribution < -0.4 is 10.5 Å². The minimum Gasteiger partial charge on any atom is -0.497 e. The first-order chi connectivity index (χ1) is 10.3. The number of benzene rings is 2. The van der Waals surface area contributed by atoms with Crippen molar-refractivity contribution in [2.75, 3.05) is 7.11 Å². The molecule has 21 heavy (non-hydrogen) atoms. The molecule has 2 N–H and O–H groups in total. The average molecular weight is 297 g/mol. The minimum atomic E-state index is 0.481. The van der Waals surface area contributed by atoms with Crippen molar-refractivity contribution >= 4 is 22.7 Å². The van der Waals surface area contributed by atoms with Gasteiger partial charge in [0.05, 0.1) is 12.6 Å². The van der Waals surface area contributed by atoms with Gasteiger partial charge >= 0.3 is 0 Å². The van der Waals surface area contributed by atoms with Crippen molar-refractivity contribution in [3.05, 3.63) is 54.4 Å². The second-order valence-electron chi connectivity index (χ2n) is 4.48. The number of nitrogens with zero attached hydrogens (tertiary/aromatic N) is 2. The van der Waals surface area contributed by atoms with Crippen molar-refractivity contribution in [3.63, 3.8) is 0 Å². The first kappa shape index (κ1) is 13.9. The molecule has 0 saturated heterocycles. The highest BCUT2D eigenvalue weighted by Crippen LogP contribution is 2.35. The Morgan fingerprint density at radius 3 is 2.81 bits per heavy atom. The molecule has 0 fully saturated rings. The Hall–Kier alpha value is -2.11. The van der Waals surface area contributed by atoms with Gasteiger partial charge in [0, 0.05) is 16.8 Å². The van der Waals surface area contributed by atoms with Gasteiger partial charge in [0.15, 0.2) is 0 Å². The maximum absolute atomic E-state index is 5.82. The summed E-state index contributed by atoms with van der Waals surface area (Å²) in [6.45, 7) is 0.481. The number of ether oxygens (including phenoxy) is 1. The molecule has 0 aliphatic heterocycles. The highest BCUT2D eigenvalue weighted by Gasteiger charge is 2.09. The van der Waals surface area contributed by atoms with Gasteiger partial charge in [-0.05, 0) is 23.8 Å². The summed E-state index contributed by atoms with van der Waals surface area (Å²) in [6, 6.07) is 13.9. The Balaban J connectivity index is 2.06. The van der Waals surface area contributed by atoms with Crippen molar-refractivity contribution in [2.24, 2.45) is 5.73 Å². The third-order valence-corrected chi connectivity index (χ3v) is 4.33. The van der Waals surface area contributed by atoms with Gasteiger partial charge in [-0.25, -0.2) is 9.97 Å². The van der Waals surface area contributed by atoms with E-state index in [1.807, 2.05) is 42.5 Å². The van der Waals surface area contributed by atoms with Gasteiger partial charge in [-0.1, -0.05) is 36.0 Å². The van der Waals surface area contributed by atoms with Crippen LogP contribution in [0.15, 0.2) is 58.7 Å². The van der Waals surface area contributed by atoms with E-state index in [4.69, 9.17) is 10.5 Å². The van der Waals surface area contributed by atoms with Gasteiger partial charge in [-0.3, -0.25) is 0 Å². The second-order valence-corrected chi connectivity index (χ2v) is 5.51. The Morgan fingerprint density at radius 2 is 2.00 bits per heavy atom. The van der Waals surface area contributed by atoms with Gasteiger partial charge in [0.2, 0.25) is 0 Å². The Labute approximate surface area is 127 Å². The van der Waals surface area contributed by atoms with Crippen LogP contribution >= 0.6 is 11.8 Å². The van der Waals surface area contributed by atoms with Gasteiger partial charge in [0.25, 0.3) is 0 Å². The van der Waals surface area contributed by atoms with Crippen LogP contribution in [0.3, 0.4) is 0 Å². The molecule has 1 heterocycles. The molecule has 0 unspecified atom stereocenters. The molecular weight excluding hydrogens is 282 g/mol. The van der Waals surface area contributed by atoms with Crippen LogP contribution in [0, 0.1) is 0 Å². The van der Waals surface area contributed by atoms with Gasteiger partial charge in [-0.2, -0.15) is 0 Å². The van der Waals surface area contributed by atoms with Crippen molar-refractivity contribution < 1.29 is 4.74 Å². The van der Waals surface area contributed by atoms with E-state index in [0.717, 1.165) is 32.1 Å². The van der Waals surface area contributed by atoms with Crippen molar-refractivity contribution in [3.8, 4) is 5.75 Å². The summed E-state index contributed by atoms with van der Waals surface area (Å²) in [5.41, 5.74) is 7.83. The lowest BCUT2D eigenvalue weighted by Gasteiger charge is -2.10. The third-order valence-electron chi connectivity index (χ3n) is 3.21. The molecule has 5 heteroatoms. The molecule has 0 atom stereocenters. The Bertz CT molecular complexity index is 771. The number of hydrogen-bond donors (Lipinski definition) is 1. The van der Waals surface area contributed by atoms with Crippen molar-refractivity contribution in [2.45, 2.75) is 16.5 Å². The summed E-state index contributed by atoms with van der Waals surface area (Å²) in [6.07, 6.45) is 1.59. The fraction of sp³-hybridized carbons (Fsp3) is 0.125. The molecule has 1 aromatic heterocycles. The molecule has 3 rings (SSSR count). The maximum Gasteiger partial charge on any atom is 0.120 e. The Morgan fingerprint density at radius 1 is 1.14 bits per heavy atom. The van der Waals surface area contributed by atoms with Crippen molar-refractivity contribution in [1.82, 2.24) is 9.97 Å². The molecule has 4 nitrogen and oxygen atoms in total. The van der Waals surface area contributed by atoms with Crippen molar-refractivity contribution in [1.29, 1.82) is 0 Å². The molecule has 2 aromatic carbocycles. The van der Waals surface area contributed by atoms with E-state index in [1.54, 1.807) is 25.2 Å². The zero-order chi connectivity index (χ0) is 14.7. The summed E-state index contributed by atoms with van der Waals surface area (Å²) in [4.78, 5) is 9.75. The quantitative estimate of drug-likeness (QED) is 0.749. The monoisotopic (exact) mass is 297 g/mol. The fourth-order valence-corrected chi connectivity index (χ4v) is 3.14. The predicted octanol–water partition coefficient (Wildman–Crippen LogP) is 3.25. The third kappa shape index (κ3) is 2.84. The normalized spacial score (nSPS) is 10.8.